The highest BCUT2D eigenvalue weighted by molar-refractivity contribution is 6.30. The summed E-state index contributed by atoms with van der Waals surface area (Å²) in [7, 11) is 3.41. The normalized spacial score (nSPS) is 25.1. The lowest BCUT2D eigenvalue weighted by Crippen LogP contribution is -2.27. The first kappa shape index (κ1) is 11.6. The van der Waals surface area contributed by atoms with Gasteiger partial charge in [0.05, 0.1) is 5.02 Å². The number of nitrogens with zero attached hydrogens (tertiary/aromatic N) is 2. The average Bonchev–Trinajstić information content (AvgIpc) is 2.73. The fraction of sp³-hybridized carbons (Fsp3) is 0.545. The van der Waals surface area contributed by atoms with Gasteiger partial charge in [-0.15, -0.1) is 0 Å². The summed E-state index contributed by atoms with van der Waals surface area (Å²) in [5, 5.41) is 0.648. The molecule has 1 aliphatic heterocycles. The van der Waals surface area contributed by atoms with Crippen molar-refractivity contribution in [3.63, 3.8) is 0 Å². The van der Waals surface area contributed by atoms with Crippen molar-refractivity contribution in [2.75, 3.05) is 32.2 Å². The van der Waals surface area contributed by atoms with Gasteiger partial charge in [-0.3, -0.25) is 0 Å². The number of hydrogen-bond donors (Lipinski definition) is 0. The van der Waals surface area contributed by atoms with Crippen LogP contribution < -0.4 is 4.90 Å². The molecule has 4 nitrogen and oxygen atoms in total. The Hall–Kier alpha value is -0.840. The second-order valence-electron chi connectivity index (χ2n) is 3.79. The molecule has 1 fully saturated rings. The fourth-order valence-corrected chi connectivity index (χ4v) is 2.05. The van der Waals surface area contributed by atoms with Gasteiger partial charge in [0.15, 0.2) is 0 Å². The zero-order valence-corrected chi connectivity index (χ0v) is 10.1. The Kier molecular flexibility index (Phi) is 3.63. The van der Waals surface area contributed by atoms with Crippen LogP contribution in [0.25, 0.3) is 0 Å². The molecular formula is C11H15ClN2O2. The third-order valence-electron chi connectivity index (χ3n) is 2.86. The largest absolute Gasteiger partial charge is 0.377 e. The van der Waals surface area contributed by atoms with Crippen LogP contribution in [0.2, 0.25) is 5.02 Å². The topological polar surface area (TPSA) is 34.6 Å². The van der Waals surface area contributed by atoms with Crippen LogP contribution in [0.3, 0.4) is 0 Å². The van der Waals surface area contributed by atoms with E-state index in [9.17, 15) is 0 Å². The van der Waals surface area contributed by atoms with Gasteiger partial charge >= 0.3 is 0 Å². The van der Waals surface area contributed by atoms with E-state index in [4.69, 9.17) is 21.1 Å². The molecule has 1 saturated heterocycles. The molecule has 0 aromatic carbocycles. The first-order valence-corrected chi connectivity index (χ1v) is 5.54. The lowest BCUT2D eigenvalue weighted by Gasteiger charge is -2.16. The van der Waals surface area contributed by atoms with Gasteiger partial charge < -0.3 is 14.4 Å². The van der Waals surface area contributed by atoms with Crippen LogP contribution in [0.5, 0.6) is 0 Å². The van der Waals surface area contributed by atoms with Crippen LogP contribution >= 0.6 is 11.6 Å². The van der Waals surface area contributed by atoms with E-state index in [-0.39, 0.29) is 12.2 Å². The van der Waals surface area contributed by atoms with Crippen molar-refractivity contribution in [3.8, 4) is 0 Å². The number of methoxy groups -OCH3 is 2. The van der Waals surface area contributed by atoms with Crippen molar-refractivity contribution in [1.82, 2.24) is 4.98 Å². The summed E-state index contributed by atoms with van der Waals surface area (Å²) in [6.07, 6.45) is 1.85. The minimum absolute atomic E-state index is 0.0995. The molecule has 1 aromatic rings. The minimum atomic E-state index is 0.0995. The standard InChI is InChI=1S/C11H15ClN2O2/c1-15-9-6-14(7-10(9)16-2)11-4-3-8(12)5-13-11/h3-5,9-10H,6-7H2,1-2H3. The second-order valence-corrected chi connectivity index (χ2v) is 4.22. The molecule has 0 radical (unpaired) electrons. The Labute approximate surface area is 100 Å². The number of pyridine rings is 1. The Morgan fingerprint density at radius 1 is 1.25 bits per heavy atom. The predicted octanol–water partition coefficient (Wildman–Crippen LogP) is 1.58. The highest BCUT2D eigenvalue weighted by Crippen LogP contribution is 2.22. The maximum atomic E-state index is 5.80. The van der Waals surface area contributed by atoms with Crippen LogP contribution in [-0.4, -0.2) is 44.5 Å². The molecule has 2 rings (SSSR count). The summed E-state index contributed by atoms with van der Waals surface area (Å²) in [6, 6.07) is 3.75. The number of anilines is 1. The van der Waals surface area contributed by atoms with E-state index in [2.05, 4.69) is 9.88 Å². The molecule has 0 saturated carbocycles. The number of hydrogen-bond acceptors (Lipinski definition) is 4. The van der Waals surface area contributed by atoms with Crippen LogP contribution in [0.4, 0.5) is 5.82 Å². The molecule has 0 spiro atoms. The predicted molar refractivity (Wildman–Crippen MR) is 63.1 cm³/mol. The van der Waals surface area contributed by atoms with Gasteiger partial charge in [-0.25, -0.2) is 4.98 Å². The Bertz CT molecular complexity index is 332. The van der Waals surface area contributed by atoms with E-state index in [0.717, 1.165) is 18.9 Å². The molecule has 2 atom stereocenters. The first-order chi connectivity index (χ1) is 7.74. The molecule has 0 amide bonds. The van der Waals surface area contributed by atoms with Gasteiger partial charge in [0.2, 0.25) is 0 Å². The van der Waals surface area contributed by atoms with Gasteiger partial charge in [0.1, 0.15) is 18.0 Å². The lowest BCUT2D eigenvalue weighted by molar-refractivity contribution is -0.00461. The Morgan fingerprint density at radius 3 is 2.31 bits per heavy atom. The Balaban J connectivity index is 2.09. The number of halogens is 1. The summed E-state index contributed by atoms with van der Waals surface area (Å²) >= 11 is 5.80. The van der Waals surface area contributed by atoms with Crippen LogP contribution in [0.1, 0.15) is 0 Å². The molecule has 2 unspecified atom stereocenters. The van der Waals surface area contributed by atoms with Gasteiger partial charge in [0.25, 0.3) is 0 Å². The average molecular weight is 243 g/mol. The smallest absolute Gasteiger partial charge is 0.128 e. The van der Waals surface area contributed by atoms with Crippen molar-refractivity contribution in [2.24, 2.45) is 0 Å². The maximum Gasteiger partial charge on any atom is 0.128 e. The zero-order chi connectivity index (χ0) is 11.5. The minimum Gasteiger partial charge on any atom is -0.377 e. The highest BCUT2D eigenvalue weighted by Gasteiger charge is 2.33. The number of aromatic nitrogens is 1. The first-order valence-electron chi connectivity index (χ1n) is 5.16. The van der Waals surface area contributed by atoms with Gasteiger partial charge in [0, 0.05) is 33.5 Å². The molecule has 0 bridgehead atoms. The molecule has 2 heterocycles. The number of ether oxygens (including phenoxy) is 2. The summed E-state index contributed by atoms with van der Waals surface area (Å²) in [5.74, 6) is 0.908. The van der Waals surface area contributed by atoms with Crippen LogP contribution in [-0.2, 0) is 9.47 Å². The summed E-state index contributed by atoms with van der Waals surface area (Å²) in [6.45, 7) is 1.59. The second kappa shape index (κ2) is 4.99. The lowest BCUT2D eigenvalue weighted by atomic mass is 10.3. The summed E-state index contributed by atoms with van der Waals surface area (Å²) in [5.41, 5.74) is 0. The molecule has 1 aromatic heterocycles. The molecular weight excluding hydrogens is 228 g/mol. The van der Waals surface area contributed by atoms with Crippen LogP contribution in [0.15, 0.2) is 18.3 Å². The van der Waals surface area contributed by atoms with E-state index in [1.165, 1.54) is 0 Å². The van der Waals surface area contributed by atoms with E-state index in [1.54, 1.807) is 20.4 Å². The SMILES string of the molecule is COC1CN(c2ccc(Cl)cn2)CC1OC. The summed E-state index contributed by atoms with van der Waals surface area (Å²) in [4.78, 5) is 6.42. The maximum absolute atomic E-state index is 5.80. The quantitative estimate of drug-likeness (QED) is 0.806. The van der Waals surface area contributed by atoms with Crippen molar-refractivity contribution in [2.45, 2.75) is 12.2 Å². The van der Waals surface area contributed by atoms with E-state index < -0.39 is 0 Å². The molecule has 16 heavy (non-hydrogen) atoms. The molecule has 0 aliphatic carbocycles. The monoisotopic (exact) mass is 242 g/mol. The van der Waals surface area contributed by atoms with Crippen molar-refractivity contribution >= 4 is 17.4 Å². The van der Waals surface area contributed by atoms with Crippen molar-refractivity contribution in [3.05, 3.63) is 23.4 Å². The fourth-order valence-electron chi connectivity index (χ4n) is 1.94. The van der Waals surface area contributed by atoms with Crippen molar-refractivity contribution in [1.29, 1.82) is 0 Å². The van der Waals surface area contributed by atoms with Gasteiger partial charge in [-0.1, -0.05) is 11.6 Å². The Morgan fingerprint density at radius 2 is 1.88 bits per heavy atom. The molecule has 5 heteroatoms. The molecule has 1 aliphatic rings. The van der Waals surface area contributed by atoms with E-state index in [1.807, 2.05) is 12.1 Å². The molecule has 88 valence electrons. The van der Waals surface area contributed by atoms with E-state index in [0.29, 0.717) is 5.02 Å². The third kappa shape index (κ3) is 2.29. The summed E-state index contributed by atoms with van der Waals surface area (Å²) < 4.78 is 10.7. The highest BCUT2D eigenvalue weighted by atomic mass is 35.5. The number of rotatable bonds is 3. The van der Waals surface area contributed by atoms with Crippen molar-refractivity contribution < 1.29 is 9.47 Å². The van der Waals surface area contributed by atoms with E-state index >= 15 is 0 Å². The van der Waals surface area contributed by atoms with Gasteiger partial charge in [-0.05, 0) is 12.1 Å². The molecule has 0 N–H and O–H groups in total. The van der Waals surface area contributed by atoms with Gasteiger partial charge in [-0.2, -0.15) is 0 Å². The van der Waals surface area contributed by atoms with Crippen LogP contribution in [0, 0.1) is 0 Å². The zero-order valence-electron chi connectivity index (χ0n) is 9.39. The third-order valence-corrected chi connectivity index (χ3v) is 3.08.